The molecule has 13 heavy (non-hydrogen) atoms. The van der Waals surface area contributed by atoms with E-state index >= 15 is 0 Å². The maximum absolute atomic E-state index is 11.9. The summed E-state index contributed by atoms with van der Waals surface area (Å²) in [5, 5.41) is 8.96. The van der Waals surface area contributed by atoms with Gasteiger partial charge in [-0.25, -0.2) is 4.39 Å². The van der Waals surface area contributed by atoms with Crippen molar-refractivity contribution in [2.45, 2.75) is 11.0 Å². The summed E-state index contributed by atoms with van der Waals surface area (Å²) >= 11 is 1.32. The molecule has 0 aliphatic heterocycles. The van der Waals surface area contributed by atoms with Crippen LogP contribution in [0.25, 0.3) is 0 Å². The molecule has 0 saturated heterocycles. The zero-order valence-corrected chi connectivity index (χ0v) is 7.80. The van der Waals surface area contributed by atoms with Crippen LogP contribution in [-0.2, 0) is 0 Å². The Bertz CT molecular complexity index is 272. The number of nitrogens with zero attached hydrogens (tertiary/aromatic N) is 1. The highest BCUT2D eigenvalue weighted by Gasteiger charge is 2.05. The summed E-state index contributed by atoms with van der Waals surface area (Å²) < 4.78 is 11.9. The molecule has 1 rings (SSSR count). The molecule has 1 heterocycles. The van der Waals surface area contributed by atoms with Crippen molar-refractivity contribution in [1.82, 2.24) is 4.98 Å². The first-order chi connectivity index (χ1) is 6.24. The number of hydrogen-bond donors (Lipinski definition) is 2. The van der Waals surface area contributed by atoms with Gasteiger partial charge in [-0.1, -0.05) is 0 Å². The van der Waals surface area contributed by atoms with E-state index in [9.17, 15) is 4.39 Å². The molecular formula is C8H11FN2OS. The van der Waals surface area contributed by atoms with Crippen molar-refractivity contribution in [3.8, 4) is 0 Å². The fourth-order valence-electron chi connectivity index (χ4n) is 0.756. The number of hydrogen-bond acceptors (Lipinski definition) is 4. The number of thioether (sulfide) groups is 1. The Morgan fingerprint density at radius 2 is 2.46 bits per heavy atom. The third kappa shape index (κ3) is 3.20. The molecule has 0 fully saturated rings. The SMILES string of the molecule is Nc1cnccc1SCC(O)CF. The standard InChI is InChI=1S/C8H11FN2OS/c9-3-6(12)5-13-8-1-2-11-4-7(8)10/h1-2,4,6,12H,3,5,10H2. The van der Waals surface area contributed by atoms with Gasteiger partial charge in [0.05, 0.1) is 18.0 Å². The summed E-state index contributed by atoms with van der Waals surface area (Å²) in [5.74, 6) is 0.310. The molecule has 0 saturated carbocycles. The van der Waals surface area contributed by atoms with Gasteiger partial charge < -0.3 is 10.8 Å². The molecule has 0 amide bonds. The molecule has 0 bridgehead atoms. The first-order valence-electron chi connectivity index (χ1n) is 3.80. The highest BCUT2D eigenvalue weighted by molar-refractivity contribution is 7.99. The zero-order chi connectivity index (χ0) is 9.68. The summed E-state index contributed by atoms with van der Waals surface area (Å²) in [4.78, 5) is 4.64. The Hall–Kier alpha value is -0.810. The van der Waals surface area contributed by atoms with Crippen LogP contribution in [0.2, 0.25) is 0 Å². The number of nitrogens with two attached hydrogens (primary N) is 1. The van der Waals surface area contributed by atoms with Crippen LogP contribution in [0.15, 0.2) is 23.4 Å². The zero-order valence-electron chi connectivity index (χ0n) is 6.98. The molecule has 72 valence electrons. The molecule has 1 aromatic heterocycles. The predicted molar refractivity (Wildman–Crippen MR) is 51.4 cm³/mol. The highest BCUT2D eigenvalue weighted by Crippen LogP contribution is 2.23. The minimum Gasteiger partial charge on any atom is -0.397 e. The highest BCUT2D eigenvalue weighted by atomic mass is 32.2. The van der Waals surface area contributed by atoms with Crippen LogP contribution in [0.5, 0.6) is 0 Å². The molecule has 3 nitrogen and oxygen atoms in total. The number of aromatic nitrogens is 1. The average Bonchev–Trinajstić information content (AvgIpc) is 2.16. The lowest BCUT2D eigenvalue weighted by molar-refractivity contribution is 0.162. The van der Waals surface area contributed by atoms with Gasteiger partial charge in [0.2, 0.25) is 0 Å². The van der Waals surface area contributed by atoms with Gasteiger partial charge in [-0.05, 0) is 6.07 Å². The van der Waals surface area contributed by atoms with E-state index in [1.807, 2.05) is 0 Å². The number of alkyl halides is 1. The van der Waals surface area contributed by atoms with Crippen LogP contribution >= 0.6 is 11.8 Å². The Morgan fingerprint density at radius 3 is 3.08 bits per heavy atom. The second-order valence-corrected chi connectivity index (χ2v) is 3.59. The van der Waals surface area contributed by atoms with Gasteiger partial charge in [-0.3, -0.25) is 4.98 Å². The van der Waals surface area contributed by atoms with Gasteiger partial charge in [0, 0.05) is 16.8 Å². The third-order valence-electron chi connectivity index (χ3n) is 1.42. The molecule has 0 radical (unpaired) electrons. The van der Waals surface area contributed by atoms with E-state index in [2.05, 4.69) is 4.98 Å². The second-order valence-electron chi connectivity index (χ2n) is 2.53. The van der Waals surface area contributed by atoms with Gasteiger partial charge >= 0.3 is 0 Å². The largest absolute Gasteiger partial charge is 0.397 e. The van der Waals surface area contributed by atoms with E-state index in [0.717, 1.165) is 4.90 Å². The Labute approximate surface area is 80.2 Å². The maximum Gasteiger partial charge on any atom is 0.116 e. The van der Waals surface area contributed by atoms with Crippen LogP contribution in [0.1, 0.15) is 0 Å². The minimum absolute atomic E-state index is 0.310. The molecule has 0 aliphatic rings. The van der Waals surface area contributed by atoms with Gasteiger partial charge in [0.15, 0.2) is 0 Å². The van der Waals surface area contributed by atoms with E-state index in [1.165, 1.54) is 18.0 Å². The Balaban J connectivity index is 2.50. The summed E-state index contributed by atoms with van der Waals surface area (Å²) in [6, 6.07) is 1.74. The normalized spacial score (nSPS) is 12.8. The quantitative estimate of drug-likeness (QED) is 0.717. The lowest BCUT2D eigenvalue weighted by Gasteiger charge is -2.06. The number of rotatable bonds is 4. The number of aliphatic hydroxyl groups is 1. The Kier molecular flexibility index (Phi) is 3.98. The van der Waals surface area contributed by atoms with Gasteiger partial charge in [-0.2, -0.15) is 0 Å². The summed E-state index contributed by atoms with van der Waals surface area (Å²) in [5.41, 5.74) is 6.14. The lowest BCUT2D eigenvalue weighted by Crippen LogP contribution is -2.11. The summed E-state index contributed by atoms with van der Waals surface area (Å²) in [6.45, 7) is -0.724. The molecule has 0 aromatic carbocycles. The van der Waals surface area contributed by atoms with Crippen molar-refractivity contribution >= 4 is 17.4 Å². The van der Waals surface area contributed by atoms with Gasteiger partial charge in [0.25, 0.3) is 0 Å². The fraction of sp³-hybridized carbons (Fsp3) is 0.375. The fourth-order valence-corrected chi connectivity index (χ4v) is 1.59. The van der Waals surface area contributed by atoms with Crippen molar-refractivity contribution in [3.05, 3.63) is 18.5 Å². The van der Waals surface area contributed by atoms with Crippen LogP contribution in [0.3, 0.4) is 0 Å². The van der Waals surface area contributed by atoms with Crippen LogP contribution in [-0.4, -0.2) is 28.6 Å². The van der Waals surface area contributed by atoms with Crippen LogP contribution < -0.4 is 5.73 Å². The monoisotopic (exact) mass is 202 g/mol. The maximum atomic E-state index is 11.9. The summed E-state index contributed by atoms with van der Waals surface area (Å²) in [6.07, 6.45) is 2.22. The van der Waals surface area contributed by atoms with Crippen molar-refractivity contribution in [2.24, 2.45) is 0 Å². The molecule has 0 aliphatic carbocycles. The van der Waals surface area contributed by atoms with E-state index in [4.69, 9.17) is 10.8 Å². The third-order valence-corrected chi connectivity index (χ3v) is 2.65. The number of anilines is 1. The number of aliphatic hydroxyl groups excluding tert-OH is 1. The molecular weight excluding hydrogens is 191 g/mol. The molecule has 0 spiro atoms. The van der Waals surface area contributed by atoms with Crippen molar-refractivity contribution in [1.29, 1.82) is 0 Å². The van der Waals surface area contributed by atoms with E-state index < -0.39 is 12.8 Å². The molecule has 5 heteroatoms. The molecule has 1 unspecified atom stereocenters. The average molecular weight is 202 g/mol. The van der Waals surface area contributed by atoms with E-state index in [1.54, 1.807) is 12.3 Å². The van der Waals surface area contributed by atoms with Crippen LogP contribution in [0, 0.1) is 0 Å². The number of pyridine rings is 1. The topological polar surface area (TPSA) is 59.1 Å². The van der Waals surface area contributed by atoms with E-state index in [-0.39, 0.29) is 0 Å². The first kappa shape index (κ1) is 10.3. The van der Waals surface area contributed by atoms with Gasteiger partial charge in [-0.15, -0.1) is 11.8 Å². The second kappa shape index (κ2) is 5.04. The number of halogens is 1. The smallest absolute Gasteiger partial charge is 0.116 e. The lowest BCUT2D eigenvalue weighted by atomic mass is 10.4. The molecule has 1 aromatic rings. The van der Waals surface area contributed by atoms with Crippen molar-refractivity contribution < 1.29 is 9.50 Å². The predicted octanol–water partition coefficient (Wildman–Crippen LogP) is 1.09. The molecule has 1 atom stereocenters. The van der Waals surface area contributed by atoms with Crippen molar-refractivity contribution in [3.63, 3.8) is 0 Å². The number of nitrogen functional groups attached to an aromatic ring is 1. The van der Waals surface area contributed by atoms with Crippen LogP contribution in [0.4, 0.5) is 10.1 Å². The summed E-state index contributed by atoms with van der Waals surface area (Å²) in [7, 11) is 0. The van der Waals surface area contributed by atoms with E-state index in [0.29, 0.717) is 11.4 Å². The minimum atomic E-state index is -0.919. The van der Waals surface area contributed by atoms with Gasteiger partial charge in [0.1, 0.15) is 6.67 Å². The molecule has 3 N–H and O–H groups in total. The van der Waals surface area contributed by atoms with Crippen molar-refractivity contribution in [2.75, 3.05) is 18.2 Å². The Morgan fingerprint density at radius 1 is 1.69 bits per heavy atom. The first-order valence-corrected chi connectivity index (χ1v) is 4.79.